The molecule has 6 nitrogen and oxygen atoms in total. The average Bonchev–Trinajstić information content (AvgIpc) is 3.15. The number of pyridine rings is 1. The number of ether oxygens (including phenoxy) is 2. The molecule has 128 valence electrons. The maximum Gasteiger partial charge on any atom is 0.213 e. The van der Waals surface area contributed by atoms with E-state index in [0.29, 0.717) is 11.9 Å². The molecule has 0 aromatic carbocycles. The summed E-state index contributed by atoms with van der Waals surface area (Å²) in [6.45, 7) is 6.51. The number of aryl methyl sites for hydroxylation is 2. The van der Waals surface area contributed by atoms with Crippen LogP contribution in [0.3, 0.4) is 0 Å². The van der Waals surface area contributed by atoms with Crippen LogP contribution >= 0.6 is 0 Å². The highest BCUT2D eigenvalue weighted by Gasteiger charge is 2.44. The second-order valence-electron chi connectivity index (χ2n) is 6.58. The normalized spacial score (nSPS) is 27.2. The SMILES string of the molecule is Cc1noc(C)c1CN1CCO[C@H]2[C@@H](Oc3ccccn3)CC[C@@H]21. The van der Waals surface area contributed by atoms with Crippen molar-refractivity contribution in [2.45, 2.75) is 51.5 Å². The van der Waals surface area contributed by atoms with Crippen molar-refractivity contribution in [3.8, 4) is 5.88 Å². The van der Waals surface area contributed by atoms with Crippen molar-refractivity contribution in [3.05, 3.63) is 41.4 Å². The molecule has 2 aliphatic rings. The molecule has 1 saturated carbocycles. The molecular weight excluding hydrogens is 306 g/mol. The first-order valence-corrected chi connectivity index (χ1v) is 8.57. The summed E-state index contributed by atoms with van der Waals surface area (Å²) in [5, 5.41) is 4.07. The van der Waals surface area contributed by atoms with Gasteiger partial charge in [-0.2, -0.15) is 0 Å². The third-order valence-electron chi connectivity index (χ3n) is 5.10. The van der Waals surface area contributed by atoms with Crippen LogP contribution in [0.25, 0.3) is 0 Å². The molecule has 1 aliphatic carbocycles. The molecule has 2 aromatic heterocycles. The van der Waals surface area contributed by atoms with Gasteiger partial charge in [-0.3, -0.25) is 4.90 Å². The molecule has 3 heterocycles. The molecule has 0 radical (unpaired) electrons. The first-order valence-electron chi connectivity index (χ1n) is 8.57. The maximum absolute atomic E-state index is 6.08. The monoisotopic (exact) mass is 329 g/mol. The van der Waals surface area contributed by atoms with Crippen LogP contribution in [0.5, 0.6) is 5.88 Å². The van der Waals surface area contributed by atoms with E-state index in [1.54, 1.807) is 6.20 Å². The summed E-state index contributed by atoms with van der Waals surface area (Å²) >= 11 is 0. The molecular formula is C18H23N3O3. The van der Waals surface area contributed by atoms with Gasteiger partial charge in [-0.05, 0) is 32.8 Å². The predicted molar refractivity (Wildman–Crippen MR) is 87.8 cm³/mol. The lowest BCUT2D eigenvalue weighted by Crippen LogP contribution is -2.51. The van der Waals surface area contributed by atoms with Crippen molar-refractivity contribution in [2.75, 3.05) is 13.2 Å². The van der Waals surface area contributed by atoms with E-state index < -0.39 is 0 Å². The van der Waals surface area contributed by atoms with E-state index in [2.05, 4.69) is 15.0 Å². The lowest BCUT2D eigenvalue weighted by atomic mass is 10.1. The van der Waals surface area contributed by atoms with E-state index in [0.717, 1.165) is 44.0 Å². The van der Waals surface area contributed by atoms with E-state index in [-0.39, 0.29) is 12.2 Å². The van der Waals surface area contributed by atoms with Crippen LogP contribution in [0, 0.1) is 13.8 Å². The smallest absolute Gasteiger partial charge is 0.213 e. The molecule has 0 unspecified atom stereocenters. The molecule has 6 heteroatoms. The van der Waals surface area contributed by atoms with Gasteiger partial charge in [0.25, 0.3) is 0 Å². The standard InChI is InChI=1S/C18H23N3O3/c1-12-14(13(2)24-20-12)11-21-9-10-22-18-15(21)6-7-16(18)23-17-5-3-4-8-19-17/h3-5,8,15-16,18H,6-7,9-11H2,1-2H3/t15-,16-,18+/m0/s1. The maximum atomic E-state index is 6.08. The van der Waals surface area contributed by atoms with Gasteiger partial charge in [0.05, 0.1) is 12.3 Å². The topological polar surface area (TPSA) is 60.6 Å². The summed E-state index contributed by atoms with van der Waals surface area (Å²) in [6.07, 6.45) is 3.99. The molecule has 1 aliphatic heterocycles. The Balaban J connectivity index is 1.46. The van der Waals surface area contributed by atoms with E-state index >= 15 is 0 Å². The lowest BCUT2D eigenvalue weighted by molar-refractivity contribution is -0.0923. The Morgan fingerprint density at radius 1 is 1.29 bits per heavy atom. The molecule has 0 bridgehead atoms. The molecule has 1 saturated heterocycles. The Bertz CT molecular complexity index is 669. The summed E-state index contributed by atoms with van der Waals surface area (Å²) < 4.78 is 17.5. The van der Waals surface area contributed by atoms with Gasteiger partial charge in [-0.25, -0.2) is 4.98 Å². The van der Waals surface area contributed by atoms with E-state index in [1.165, 1.54) is 5.56 Å². The zero-order valence-corrected chi connectivity index (χ0v) is 14.1. The third kappa shape index (κ3) is 2.91. The van der Waals surface area contributed by atoms with Gasteiger partial charge in [0.2, 0.25) is 5.88 Å². The Hall–Kier alpha value is -1.92. The first kappa shape index (κ1) is 15.6. The highest BCUT2D eigenvalue weighted by Crippen LogP contribution is 2.34. The summed E-state index contributed by atoms with van der Waals surface area (Å²) in [5.41, 5.74) is 2.18. The van der Waals surface area contributed by atoms with Crippen LogP contribution in [-0.4, -0.2) is 46.4 Å². The number of hydrogen-bond acceptors (Lipinski definition) is 6. The van der Waals surface area contributed by atoms with Gasteiger partial charge in [0.1, 0.15) is 18.0 Å². The third-order valence-corrected chi connectivity index (χ3v) is 5.10. The molecule has 0 amide bonds. The minimum Gasteiger partial charge on any atom is -0.472 e. The van der Waals surface area contributed by atoms with E-state index in [4.69, 9.17) is 14.0 Å². The Morgan fingerprint density at radius 2 is 2.21 bits per heavy atom. The van der Waals surface area contributed by atoms with Crippen LogP contribution in [0.15, 0.2) is 28.9 Å². The fourth-order valence-electron chi connectivity index (χ4n) is 3.82. The van der Waals surface area contributed by atoms with Crippen LogP contribution in [0.1, 0.15) is 29.9 Å². The quantitative estimate of drug-likeness (QED) is 0.859. The van der Waals surface area contributed by atoms with Crippen LogP contribution in [0.4, 0.5) is 0 Å². The zero-order chi connectivity index (χ0) is 16.5. The molecule has 0 N–H and O–H groups in total. The molecule has 2 aromatic rings. The van der Waals surface area contributed by atoms with Crippen molar-refractivity contribution < 1.29 is 14.0 Å². The molecule has 24 heavy (non-hydrogen) atoms. The van der Waals surface area contributed by atoms with Crippen molar-refractivity contribution >= 4 is 0 Å². The first-order chi connectivity index (χ1) is 11.7. The number of rotatable bonds is 4. The minimum absolute atomic E-state index is 0.0670. The average molecular weight is 329 g/mol. The zero-order valence-electron chi connectivity index (χ0n) is 14.1. The van der Waals surface area contributed by atoms with Crippen molar-refractivity contribution in [1.82, 2.24) is 15.0 Å². The van der Waals surface area contributed by atoms with Gasteiger partial charge in [0, 0.05) is 37.0 Å². The number of morpholine rings is 1. The van der Waals surface area contributed by atoms with Crippen molar-refractivity contribution in [2.24, 2.45) is 0 Å². The van der Waals surface area contributed by atoms with Gasteiger partial charge < -0.3 is 14.0 Å². The van der Waals surface area contributed by atoms with Gasteiger partial charge in [-0.15, -0.1) is 0 Å². The van der Waals surface area contributed by atoms with E-state index in [1.807, 2.05) is 32.0 Å². The number of hydrogen-bond donors (Lipinski definition) is 0. The summed E-state index contributed by atoms with van der Waals surface area (Å²) in [5.74, 6) is 1.59. The summed E-state index contributed by atoms with van der Waals surface area (Å²) in [7, 11) is 0. The van der Waals surface area contributed by atoms with Crippen LogP contribution in [-0.2, 0) is 11.3 Å². The Labute approximate surface area is 141 Å². The highest BCUT2D eigenvalue weighted by molar-refractivity contribution is 5.21. The van der Waals surface area contributed by atoms with Gasteiger partial charge in [-0.1, -0.05) is 11.2 Å². The van der Waals surface area contributed by atoms with E-state index in [9.17, 15) is 0 Å². The highest BCUT2D eigenvalue weighted by atomic mass is 16.5. The number of fused-ring (bicyclic) bond motifs is 1. The summed E-state index contributed by atoms with van der Waals surface area (Å²) in [6, 6.07) is 6.12. The van der Waals surface area contributed by atoms with Crippen LogP contribution in [0.2, 0.25) is 0 Å². The molecule has 0 spiro atoms. The molecule has 4 rings (SSSR count). The Morgan fingerprint density at radius 3 is 2.96 bits per heavy atom. The second-order valence-corrected chi connectivity index (χ2v) is 6.58. The minimum atomic E-state index is 0.0670. The second kappa shape index (κ2) is 6.53. The number of nitrogens with zero attached hydrogens (tertiary/aromatic N) is 3. The fraction of sp³-hybridized carbons (Fsp3) is 0.556. The van der Waals surface area contributed by atoms with Crippen molar-refractivity contribution in [3.63, 3.8) is 0 Å². The molecule has 2 fully saturated rings. The van der Waals surface area contributed by atoms with Crippen LogP contribution < -0.4 is 4.74 Å². The summed E-state index contributed by atoms with van der Waals surface area (Å²) in [4.78, 5) is 6.76. The lowest BCUT2D eigenvalue weighted by Gasteiger charge is -2.38. The number of aromatic nitrogens is 2. The van der Waals surface area contributed by atoms with Crippen molar-refractivity contribution in [1.29, 1.82) is 0 Å². The van der Waals surface area contributed by atoms with Gasteiger partial charge in [0.15, 0.2) is 0 Å². The van der Waals surface area contributed by atoms with Gasteiger partial charge >= 0.3 is 0 Å². The largest absolute Gasteiger partial charge is 0.472 e. The predicted octanol–water partition coefficient (Wildman–Crippen LogP) is 2.50. The molecule has 3 atom stereocenters. The Kier molecular flexibility index (Phi) is 4.24. The fourth-order valence-corrected chi connectivity index (χ4v) is 3.82.